The number of rotatable bonds is 7. The molecule has 2 atom stereocenters. The maximum atomic E-state index is 12.3. The van der Waals surface area contributed by atoms with Gasteiger partial charge >= 0.3 is 6.03 Å². The zero-order valence-corrected chi connectivity index (χ0v) is 20.3. The lowest BCUT2D eigenvalue weighted by Gasteiger charge is -2.31. The maximum absolute atomic E-state index is 12.3. The van der Waals surface area contributed by atoms with Crippen molar-refractivity contribution in [1.82, 2.24) is 19.9 Å². The van der Waals surface area contributed by atoms with Crippen LogP contribution in [0.4, 0.5) is 28.1 Å². The molecule has 194 valence electrons. The Morgan fingerprint density at radius 3 is 2.08 bits per heavy atom. The van der Waals surface area contributed by atoms with Crippen molar-refractivity contribution >= 4 is 29.3 Å². The first-order valence-corrected chi connectivity index (χ1v) is 12.3. The number of nitrogens with one attached hydrogen (secondary N) is 2. The Balaban J connectivity index is 1.41. The smallest absolute Gasteiger partial charge is 0.323 e. The average molecular weight is 507 g/mol. The number of amides is 2. The number of anilines is 4. The monoisotopic (exact) mass is 506 g/mol. The number of ether oxygens (including phenoxy) is 1. The molecule has 2 amide bonds. The van der Waals surface area contributed by atoms with Gasteiger partial charge in [0.05, 0.1) is 38.5 Å². The second-order valence-corrected chi connectivity index (χ2v) is 8.91. The summed E-state index contributed by atoms with van der Waals surface area (Å²) in [6.45, 7) is 2.39. The number of aliphatic hydroxyl groups is 2. The van der Waals surface area contributed by atoms with Crippen LogP contribution in [-0.2, 0) is 4.74 Å². The highest BCUT2D eigenvalue weighted by atomic mass is 16.5. The van der Waals surface area contributed by atoms with E-state index in [0.717, 1.165) is 18.4 Å². The van der Waals surface area contributed by atoms with Crippen molar-refractivity contribution in [3.8, 4) is 11.4 Å². The van der Waals surface area contributed by atoms with Crippen molar-refractivity contribution < 1.29 is 19.7 Å². The van der Waals surface area contributed by atoms with Crippen molar-refractivity contribution in [3.05, 3.63) is 48.8 Å². The van der Waals surface area contributed by atoms with Crippen LogP contribution >= 0.6 is 0 Å². The van der Waals surface area contributed by atoms with Crippen molar-refractivity contribution in [1.29, 1.82) is 0 Å². The summed E-state index contributed by atoms with van der Waals surface area (Å²) in [5, 5.41) is 25.5. The van der Waals surface area contributed by atoms with E-state index in [1.165, 1.54) is 0 Å². The number of urea groups is 1. The van der Waals surface area contributed by atoms with Gasteiger partial charge in [0.2, 0.25) is 11.9 Å². The standard InChI is InChI=1S/C25H30N8O4/c34-15-20-5-6-21(16-35)33(20)24-30-22(29-23(31-24)32-11-13-37-14-12-32)17-1-3-18(4-2-17)27-25(36)28-19-7-9-26-10-8-19/h1-4,7-10,20-21,34-35H,5-6,11-16H2,(H2,26,27,28,36). The summed E-state index contributed by atoms with van der Waals surface area (Å²) >= 11 is 0. The Morgan fingerprint density at radius 2 is 1.46 bits per heavy atom. The van der Waals surface area contributed by atoms with Crippen LogP contribution in [0.3, 0.4) is 0 Å². The molecular formula is C25H30N8O4. The fourth-order valence-corrected chi connectivity index (χ4v) is 4.58. The molecule has 12 heteroatoms. The minimum Gasteiger partial charge on any atom is -0.394 e. The number of carbonyl (C=O) groups is 1. The number of nitrogens with zero attached hydrogens (tertiary/aromatic N) is 6. The molecule has 0 aliphatic carbocycles. The van der Waals surface area contributed by atoms with Crippen LogP contribution in [0, 0.1) is 0 Å². The van der Waals surface area contributed by atoms with Gasteiger partial charge in [-0.2, -0.15) is 15.0 Å². The number of pyridine rings is 1. The highest BCUT2D eigenvalue weighted by Gasteiger charge is 2.35. The summed E-state index contributed by atoms with van der Waals surface area (Å²) in [7, 11) is 0. The van der Waals surface area contributed by atoms with E-state index >= 15 is 0 Å². The van der Waals surface area contributed by atoms with Crippen LogP contribution in [0.25, 0.3) is 11.4 Å². The van der Waals surface area contributed by atoms with E-state index in [0.29, 0.717) is 55.4 Å². The van der Waals surface area contributed by atoms with E-state index in [4.69, 9.17) is 19.7 Å². The molecule has 2 saturated heterocycles. The molecule has 2 aliphatic heterocycles. The van der Waals surface area contributed by atoms with Gasteiger partial charge < -0.3 is 35.4 Å². The van der Waals surface area contributed by atoms with Gasteiger partial charge in [0.1, 0.15) is 0 Å². The zero-order chi connectivity index (χ0) is 25.6. The van der Waals surface area contributed by atoms with Gasteiger partial charge in [0.15, 0.2) is 5.82 Å². The molecule has 2 aromatic heterocycles. The Hall–Kier alpha value is -3.87. The summed E-state index contributed by atoms with van der Waals surface area (Å²) in [5.74, 6) is 1.43. The van der Waals surface area contributed by atoms with Crippen LogP contribution < -0.4 is 20.4 Å². The SMILES string of the molecule is O=C(Nc1ccncc1)Nc1ccc(-c2nc(N3CCOCC3)nc(N3C(CO)CCC3CO)n2)cc1. The van der Waals surface area contributed by atoms with Crippen molar-refractivity contribution in [2.24, 2.45) is 0 Å². The minimum absolute atomic E-state index is 0.0493. The maximum Gasteiger partial charge on any atom is 0.323 e. The molecule has 5 rings (SSSR count). The van der Waals surface area contributed by atoms with E-state index in [9.17, 15) is 15.0 Å². The molecule has 0 bridgehead atoms. The van der Waals surface area contributed by atoms with Crippen LogP contribution in [-0.4, -0.2) is 87.8 Å². The molecule has 0 saturated carbocycles. The predicted molar refractivity (Wildman–Crippen MR) is 139 cm³/mol. The van der Waals surface area contributed by atoms with Crippen LogP contribution in [0.5, 0.6) is 0 Å². The van der Waals surface area contributed by atoms with E-state index in [1.54, 1.807) is 36.7 Å². The third-order valence-corrected chi connectivity index (χ3v) is 6.52. The first-order chi connectivity index (χ1) is 18.1. The van der Waals surface area contributed by atoms with Gasteiger partial charge in [0.25, 0.3) is 0 Å². The number of hydrogen-bond donors (Lipinski definition) is 4. The Bertz CT molecular complexity index is 1180. The molecule has 2 unspecified atom stereocenters. The summed E-state index contributed by atoms with van der Waals surface area (Å²) < 4.78 is 5.49. The normalized spacial score (nSPS) is 19.6. The second kappa shape index (κ2) is 11.5. The van der Waals surface area contributed by atoms with Gasteiger partial charge in [-0.3, -0.25) is 4.98 Å². The van der Waals surface area contributed by atoms with Gasteiger partial charge in [-0.15, -0.1) is 0 Å². The molecule has 12 nitrogen and oxygen atoms in total. The number of aromatic nitrogens is 4. The van der Waals surface area contributed by atoms with E-state index < -0.39 is 0 Å². The van der Waals surface area contributed by atoms with Gasteiger partial charge in [-0.05, 0) is 49.2 Å². The fourth-order valence-electron chi connectivity index (χ4n) is 4.58. The molecule has 37 heavy (non-hydrogen) atoms. The summed E-state index contributed by atoms with van der Waals surface area (Å²) in [4.78, 5) is 34.4. The number of aliphatic hydroxyl groups excluding tert-OH is 2. The zero-order valence-electron chi connectivity index (χ0n) is 20.3. The molecule has 2 fully saturated rings. The topological polar surface area (TPSA) is 149 Å². The van der Waals surface area contributed by atoms with Crippen LogP contribution in [0.1, 0.15) is 12.8 Å². The molecule has 1 aromatic carbocycles. The Morgan fingerprint density at radius 1 is 0.865 bits per heavy atom. The van der Waals surface area contributed by atoms with Crippen molar-refractivity contribution in [2.45, 2.75) is 24.9 Å². The quantitative estimate of drug-likeness (QED) is 0.373. The van der Waals surface area contributed by atoms with Crippen molar-refractivity contribution in [2.75, 3.05) is 60.0 Å². The molecule has 4 N–H and O–H groups in total. The molecule has 0 spiro atoms. The number of morpholine rings is 1. The lowest BCUT2D eigenvalue weighted by Crippen LogP contribution is -2.42. The van der Waals surface area contributed by atoms with Gasteiger partial charge in [0, 0.05) is 42.4 Å². The highest BCUT2D eigenvalue weighted by molar-refractivity contribution is 5.99. The first kappa shape index (κ1) is 24.8. The lowest BCUT2D eigenvalue weighted by molar-refractivity contribution is 0.122. The van der Waals surface area contributed by atoms with E-state index in [2.05, 4.69) is 20.5 Å². The predicted octanol–water partition coefficient (Wildman–Crippen LogP) is 1.74. The van der Waals surface area contributed by atoms with E-state index in [-0.39, 0.29) is 31.3 Å². The van der Waals surface area contributed by atoms with Gasteiger partial charge in [-0.1, -0.05) is 0 Å². The number of benzene rings is 1. The van der Waals surface area contributed by atoms with Crippen LogP contribution in [0.2, 0.25) is 0 Å². The largest absolute Gasteiger partial charge is 0.394 e. The molecule has 0 radical (unpaired) electrons. The Kier molecular flexibility index (Phi) is 7.68. The third kappa shape index (κ3) is 5.77. The Labute approximate surface area is 214 Å². The first-order valence-electron chi connectivity index (χ1n) is 12.3. The summed E-state index contributed by atoms with van der Waals surface area (Å²) in [5.41, 5.74) is 2.00. The highest BCUT2D eigenvalue weighted by Crippen LogP contribution is 2.31. The molecule has 3 aromatic rings. The van der Waals surface area contributed by atoms with E-state index in [1.807, 2.05) is 17.0 Å². The molecule has 4 heterocycles. The van der Waals surface area contributed by atoms with Crippen molar-refractivity contribution in [3.63, 3.8) is 0 Å². The lowest BCUT2D eigenvalue weighted by atomic mass is 10.2. The fraction of sp³-hybridized carbons (Fsp3) is 0.400. The summed E-state index contributed by atoms with van der Waals surface area (Å²) in [6.07, 6.45) is 4.70. The van der Waals surface area contributed by atoms with Gasteiger partial charge in [-0.25, -0.2) is 4.79 Å². The summed E-state index contributed by atoms with van der Waals surface area (Å²) in [6, 6.07) is 9.93. The minimum atomic E-state index is -0.366. The third-order valence-electron chi connectivity index (χ3n) is 6.52. The average Bonchev–Trinajstić information content (AvgIpc) is 3.37. The van der Waals surface area contributed by atoms with Crippen LogP contribution in [0.15, 0.2) is 48.8 Å². The number of hydrogen-bond acceptors (Lipinski definition) is 10. The number of carbonyl (C=O) groups excluding carboxylic acids is 1. The second-order valence-electron chi connectivity index (χ2n) is 8.91. The molecular weight excluding hydrogens is 476 g/mol. The molecule has 2 aliphatic rings.